The maximum atomic E-state index is 11.1. The summed E-state index contributed by atoms with van der Waals surface area (Å²) in [7, 11) is 0. The number of aliphatic carboxylic acids is 1. The molecule has 0 bridgehead atoms. The maximum absolute atomic E-state index is 11.1. The van der Waals surface area contributed by atoms with Gasteiger partial charge in [0.1, 0.15) is 11.8 Å². The van der Waals surface area contributed by atoms with E-state index in [-0.39, 0.29) is 5.96 Å². The average Bonchev–Trinajstić information content (AvgIpc) is 2.39. The molecule has 1 aromatic rings. The number of carboxylic acids is 1. The third-order valence-corrected chi connectivity index (χ3v) is 2.65. The zero-order chi connectivity index (χ0) is 15.0. The van der Waals surface area contributed by atoms with Gasteiger partial charge in [-0.2, -0.15) is 0 Å². The third-order valence-electron chi connectivity index (χ3n) is 2.65. The number of hydrogen-bond acceptors (Lipinski definition) is 4. The molecule has 1 rings (SSSR count). The van der Waals surface area contributed by atoms with Gasteiger partial charge in [0.2, 0.25) is 0 Å². The fourth-order valence-electron chi connectivity index (χ4n) is 1.54. The molecule has 0 aliphatic rings. The molecule has 0 aromatic heterocycles. The normalized spacial score (nSPS) is 11.7. The molecule has 0 saturated heterocycles. The molecule has 0 radical (unpaired) electrons. The summed E-state index contributed by atoms with van der Waals surface area (Å²) >= 11 is 0. The highest BCUT2D eigenvalue weighted by atomic mass is 16.6. The first-order valence-corrected chi connectivity index (χ1v) is 6.27. The Morgan fingerprint density at radius 1 is 1.45 bits per heavy atom. The number of hydrogen-bond donors (Lipinski definition) is 4. The van der Waals surface area contributed by atoms with E-state index >= 15 is 0 Å². The van der Waals surface area contributed by atoms with Crippen LogP contribution in [0.15, 0.2) is 29.3 Å². The van der Waals surface area contributed by atoms with Crippen LogP contribution in [-0.2, 0) is 4.79 Å². The second kappa shape index (κ2) is 8.00. The van der Waals surface area contributed by atoms with E-state index in [2.05, 4.69) is 10.5 Å². The predicted octanol–water partition coefficient (Wildman–Crippen LogP) is 0.385. The van der Waals surface area contributed by atoms with E-state index in [1.807, 2.05) is 25.1 Å². The van der Waals surface area contributed by atoms with Crippen molar-refractivity contribution in [1.82, 2.24) is 5.48 Å². The number of hydroxylamine groups is 1. The first-order chi connectivity index (χ1) is 9.50. The second-order valence-corrected chi connectivity index (χ2v) is 4.33. The smallest absolute Gasteiger partial charge is 0.324 e. The van der Waals surface area contributed by atoms with E-state index in [1.54, 1.807) is 6.07 Å². The number of nitrogens with one attached hydrogen (secondary N) is 1. The summed E-state index contributed by atoms with van der Waals surface area (Å²) in [4.78, 5) is 20.2. The Bertz CT molecular complexity index is 472. The molecule has 7 nitrogen and oxygen atoms in total. The fraction of sp³-hybridized carbons (Fsp3) is 0.385. The Balaban J connectivity index is 2.45. The van der Waals surface area contributed by atoms with E-state index < -0.39 is 12.0 Å². The minimum atomic E-state index is -0.983. The molecule has 0 amide bonds. The van der Waals surface area contributed by atoms with Crippen LogP contribution in [0.1, 0.15) is 18.4 Å². The van der Waals surface area contributed by atoms with Crippen molar-refractivity contribution in [3.63, 3.8) is 0 Å². The molecule has 0 aliphatic carbocycles. The Kier molecular flexibility index (Phi) is 6.31. The first kappa shape index (κ1) is 15.8. The van der Waals surface area contributed by atoms with Crippen LogP contribution in [0.25, 0.3) is 0 Å². The summed E-state index contributed by atoms with van der Waals surface area (Å²) in [6.07, 6.45) is 0.900. The van der Waals surface area contributed by atoms with Gasteiger partial charge in [-0.15, -0.1) is 5.48 Å². The predicted molar refractivity (Wildman–Crippen MR) is 76.3 cm³/mol. The van der Waals surface area contributed by atoms with Gasteiger partial charge in [-0.1, -0.05) is 18.2 Å². The molecule has 0 aliphatic heterocycles. The molecule has 7 heteroatoms. The minimum absolute atomic E-state index is 0.000921. The number of nitrogens with two attached hydrogens (primary N) is 2. The van der Waals surface area contributed by atoms with Crippen LogP contribution in [0.4, 0.5) is 0 Å². The van der Waals surface area contributed by atoms with Crippen LogP contribution >= 0.6 is 0 Å². The van der Waals surface area contributed by atoms with Gasteiger partial charge in [-0.3, -0.25) is 9.79 Å². The Hall–Kier alpha value is -2.28. The van der Waals surface area contributed by atoms with Gasteiger partial charge in [0, 0.05) is 6.54 Å². The zero-order valence-corrected chi connectivity index (χ0v) is 11.4. The number of aliphatic imine (C=N–C) groups is 1. The van der Waals surface area contributed by atoms with E-state index in [0.717, 1.165) is 5.56 Å². The summed E-state index contributed by atoms with van der Waals surface area (Å²) in [6, 6.07) is 6.53. The zero-order valence-electron chi connectivity index (χ0n) is 11.4. The lowest BCUT2D eigenvalue weighted by Gasteiger charge is -2.15. The number of rotatable bonds is 8. The van der Waals surface area contributed by atoms with Crippen LogP contribution in [-0.4, -0.2) is 29.6 Å². The summed E-state index contributed by atoms with van der Waals surface area (Å²) < 4.78 is 0. The summed E-state index contributed by atoms with van der Waals surface area (Å²) in [5, 5.41) is 9.10. The van der Waals surface area contributed by atoms with Gasteiger partial charge >= 0.3 is 5.97 Å². The number of aryl methyl sites for hydroxylation is 1. The summed E-state index contributed by atoms with van der Waals surface area (Å²) in [5.74, 6) is -0.382. The lowest BCUT2D eigenvalue weighted by molar-refractivity contribution is -0.142. The van der Waals surface area contributed by atoms with Gasteiger partial charge in [0.25, 0.3) is 0 Å². The molecule has 0 fully saturated rings. The molecule has 110 valence electrons. The topological polar surface area (TPSA) is 123 Å². The van der Waals surface area contributed by atoms with Crippen molar-refractivity contribution in [3.05, 3.63) is 29.8 Å². The monoisotopic (exact) mass is 280 g/mol. The highest BCUT2D eigenvalue weighted by Gasteiger charge is 2.17. The lowest BCUT2D eigenvalue weighted by atomic mass is 10.2. The van der Waals surface area contributed by atoms with Crippen LogP contribution in [0, 0.1) is 6.92 Å². The molecule has 6 N–H and O–H groups in total. The van der Waals surface area contributed by atoms with Gasteiger partial charge in [0.05, 0.1) is 0 Å². The quantitative estimate of drug-likeness (QED) is 0.236. The van der Waals surface area contributed by atoms with Crippen LogP contribution in [0.2, 0.25) is 0 Å². The lowest BCUT2D eigenvalue weighted by Crippen LogP contribution is -2.39. The number of para-hydroxylation sites is 1. The molecule has 0 heterocycles. The number of guanidine groups is 1. The van der Waals surface area contributed by atoms with Crippen molar-refractivity contribution >= 4 is 11.9 Å². The molecular weight excluding hydrogens is 260 g/mol. The molecule has 0 spiro atoms. The van der Waals surface area contributed by atoms with E-state index in [9.17, 15) is 4.79 Å². The van der Waals surface area contributed by atoms with Crippen molar-refractivity contribution in [2.24, 2.45) is 16.5 Å². The molecule has 0 unspecified atom stereocenters. The Labute approximate surface area is 117 Å². The first-order valence-electron chi connectivity index (χ1n) is 6.27. The van der Waals surface area contributed by atoms with E-state index in [0.29, 0.717) is 25.1 Å². The fourth-order valence-corrected chi connectivity index (χ4v) is 1.54. The number of benzene rings is 1. The highest BCUT2D eigenvalue weighted by Crippen LogP contribution is 2.15. The molecule has 20 heavy (non-hydrogen) atoms. The number of carboxylic acid groups (broad SMARTS) is 1. The molecule has 0 saturated carbocycles. The second-order valence-electron chi connectivity index (χ2n) is 4.33. The van der Waals surface area contributed by atoms with Gasteiger partial charge in [-0.25, -0.2) is 0 Å². The van der Waals surface area contributed by atoms with Crippen molar-refractivity contribution in [1.29, 1.82) is 0 Å². The number of carbonyl (C=O) groups is 1. The number of nitrogens with zero attached hydrogens (tertiary/aromatic N) is 1. The summed E-state index contributed by atoms with van der Waals surface area (Å²) in [5.41, 5.74) is 13.9. The van der Waals surface area contributed by atoms with Gasteiger partial charge in [-0.05, 0) is 31.4 Å². The van der Waals surface area contributed by atoms with E-state index in [1.165, 1.54) is 0 Å². The van der Waals surface area contributed by atoms with Crippen LogP contribution in [0.5, 0.6) is 5.75 Å². The van der Waals surface area contributed by atoms with Crippen molar-refractivity contribution in [2.45, 2.75) is 25.8 Å². The maximum Gasteiger partial charge on any atom is 0.324 e. The standard InChI is InChI=1S/C13H20N4O3/c1-9-5-2-3-7-11(9)20-17-10(12(18)19)6-4-8-16-13(14)15/h2-3,5,7,10,17H,4,6,8H2,1H3,(H,18,19)(H4,14,15,16)/t10-/m0/s1. The minimum Gasteiger partial charge on any atom is -0.480 e. The largest absolute Gasteiger partial charge is 0.480 e. The molecule has 1 aromatic carbocycles. The summed E-state index contributed by atoms with van der Waals surface area (Å²) in [6.45, 7) is 2.27. The van der Waals surface area contributed by atoms with Crippen LogP contribution in [0.3, 0.4) is 0 Å². The van der Waals surface area contributed by atoms with Crippen molar-refractivity contribution in [2.75, 3.05) is 6.54 Å². The Morgan fingerprint density at radius 2 is 2.15 bits per heavy atom. The van der Waals surface area contributed by atoms with E-state index in [4.69, 9.17) is 21.4 Å². The third kappa shape index (κ3) is 5.57. The van der Waals surface area contributed by atoms with Crippen molar-refractivity contribution < 1.29 is 14.7 Å². The highest BCUT2D eigenvalue weighted by molar-refractivity contribution is 5.75. The van der Waals surface area contributed by atoms with Crippen LogP contribution < -0.4 is 21.8 Å². The van der Waals surface area contributed by atoms with Gasteiger partial charge < -0.3 is 21.4 Å². The molecular formula is C13H20N4O3. The average molecular weight is 280 g/mol. The van der Waals surface area contributed by atoms with Crippen molar-refractivity contribution in [3.8, 4) is 5.75 Å². The van der Waals surface area contributed by atoms with Gasteiger partial charge in [0.15, 0.2) is 5.96 Å². The SMILES string of the molecule is Cc1ccccc1ON[C@@H](CCCN=C(N)N)C(=O)O. The Morgan fingerprint density at radius 3 is 2.75 bits per heavy atom. The molecule has 1 atom stereocenters.